The molecule has 3 aromatic carbocycles. The number of halogens is 1. The molecule has 7 heteroatoms. The standard InChI is InChI=1S/C23H21ClN2O3S/c1-29-22-12-6-7-13-23(22)30(27,28)26-15-19(16-8-2-4-10-20(16)24)18-14-25-21-11-5-3-9-17(18)21/h2-14,19,25-26H,15H2,1H3. The number of rotatable bonds is 7. The second-order valence-electron chi connectivity index (χ2n) is 6.87. The summed E-state index contributed by atoms with van der Waals surface area (Å²) in [6.07, 6.45) is 1.91. The molecule has 0 aliphatic carbocycles. The van der Waals surface area contributed by atoms with Gasteiger partial charge < -0.3 is 9.72 Å². The number of nitrogens with one attached hydrogen (secondary N) is 2. The number of ether oxygens (including phenoxy) is 1. The van der Waals surface area contributed by atoms with Gasteiger partial charge in [-0.05, 0) is 35.4 Å². The molecule has 0 spiro atoms. The molecule has 1 atom stereocenters. The maximum Gasteiger partial charge on any atom is 0.244 e. The average Bonchev–Trinajstić information content (AvgIpc) is 3.19. The zero-order valence-corrected chi connectivity index (χ0v) is 17.9. The summed E-state index contributed by atoms with van der Waals surface area (Å²) in [5.74, 6) is 0.0192. The number of H-pyrrole nitrogens is 1. The van der Waals surface area contributed by atoms with Gasteiger partial charge in [0, 0.05) is 34.6 Å². The van der Waals surface area contributed by atoms with E-state index in [1.54, 1.807) is 18.2 Å². The molecule has 1 aromatic heterocycles. The summed E-state index contributed by atoms with van der Waals surface area (Å²) in [7, 11) is -2.34. The van der Waals surface area contributed by atoms with E-state index in [4.69, 9.17) is 16.3 Å². The van der Waals surface area contributed by atoms with Crippen molar-refractivity contribution in [1.82, 2.24) is 9.71 Å². The second kappa shape index (κ2) is 8.52. The molecule has 5 nitrogen and oxygen atoms in total. The molecule has 154 valence electrons. The van der Waals surface area contributed by atoms with Gasteiger partial charge in [0.25, 0.3) is 0 Å². The summed E-state index contributed by atoms with van der Waals surface area (Å²) in [5, 5.41) is 1.61. The van der Waals surface area contributed by atoms with Gasteiger partial charge in [-0.25, -0.2) is 13.1 Å². The molecule has 4 aromatic rings. The van der Waals surface area contributed by atoms with E-state index in [9.17, 15) is 8.42 Å². The van der Waals surface area contributed by atoms with E-state index in [1.807, 2.05) is 54.7 Å². The first-order chi connectivity index (χ1) is 14.5. The van der Waals surface area contributed by atoms with Crippen LogP contribution in [-0.4, -0.2) is 27.1 Å². The Labute approximate surface area is 180 Å². The molecule has 1 unspecified atom stereocenters. The van der Waals surface area contributed by atoms with Crippen molar-refractivity contribution < 1.29 is 13.2 Å². The van der Waals surface area contributed by atoms with Gasteiger partial charge in [-0.2, -0.15) is 0 Å². The minimum absolute atomic E-state index is 0.101. The number of methoxy groups -OCH3 is 1. The van der Waals surface area contributed by atoms with Crippen LogP contribution in [0.15, 0.2) is 83.9 Å². The third-order valence-corrected chi connectivity index (χ3v) is 6.92. The molecule has 30 heavy (non-hydrogen) atoms. The van der Waals surface area contributed by atoms with Crippen LogP contribution in [0, 0.1) is 0 Å². The van der Waals surface area contributed by atoms with Crippen LogP contribution in [0.5, 0.6) is 5.75 Å². The highest BCUT2D eigenvalue weighted by Gasteiger charge is 2.25. The highest BCUT2D eigenvalue weighted by Crippen LogP contribution is 2.34. The summed E-state index contributed by atoms with van der Waals surface area (Å²) in [6.45, 7) is 0.145. The van der Waals surface area contributed by atoms with E-state index in [1.165, 1.54) is 13.2 Å². The Kier molecular flexibility index (Phi) is 5.81. The zero-order valence-electron chi connectivity index (χ0n) is 16.3. The Hall–Kier alpha value is -2.80. The van der Waals surface area contributed by atoms with E-state index < -0.39 is 10.0 Å². The molecule has 0 saturated heterocycles. The van der Waals surface area contributed by atoms with E-state index in [0.717, 1.165) is 22.0 Å². The number of hydrogen-bond acceptors (Lipinski definition) is 3. The third-order valence-electron chi connectivity index (χ3n) is 5.11. The summed E-state index contributed by atoms with van der Waals surface area (Å²) < 4.78 is 34.0. The van der Waals surface area contributed by atoms with Crippen molar-refractivity contribution >= 4 is 32.5 Å². The highest BCUT2D eigenvalue weighted by molar-refractivity contribution is 7.89. The predicted octanol–water partition coefficient (Wildman–Crippen LogP) is 4.94. The summed E-state index contributed by atoms with van der Waals surface area (Å²) in [6, 6.07) is 22.0. The lowest BCUT2D eigenvalue weighted by molar-refractivity contribution is 0.402. The molecule has 4 rings (SSSR count). The lowest BCUT2D eigenvalue weighted by atomic mass is 9.91. The van der Waals surface area contributed by atoms with Crippen molar-refractivity contribution in [3.8, 4) is 5.75 Å². The number of benzene rings is 3. The first-order valence-electron chi connectivity index (χ1n) is 9.44. The molecular weight excluding hydrogens is 420 g/mol. The number of sulfonamides is 1. The monoisotopic (exact) mass is 440 g/mol. The van der Waals surface area contributed by atoms with Crippen molar-refractivity contribution in [1.29, 1.82) is 0 Å². The first kappa shape index (κ1) is 20.5. The Morgan fingerprint density at radius 2 is 1.67 bits per heavy atom. The van der Waals surface area contributed by atoms with Gasteiger partial charge in [-0.15, -0.1) is 0 Å². The van der Waals surface area contributed by atoms with E-state index in [2.05, 4.69) is 9.71 Å². The topological polar surface area (TPSA) is 71.2 Å². The van der Waals surface area contributed by atoms with Crippen molar-refractivity contribution in [2.75, 3.05) is 13.7 Å². The molecule has 0 saturated carbocycles. The molecule has 1 heterocycles. The van der Waals surface area contributed by atoms with Crippen molar-refractivity contribution in [2.24, 2.45) is 0 Å². The fraction of sp³-hybridized carbons (Fsp3) is 0.130. The fourth-order valence-electron chi connectivity index (χ4n) is 3.64. The summed E-state index contributed by atoms with van der Waals surface area (Å²) >= 11 is 6.49. The molecule has 0 aliphatic rings. The Bertz CT molecular complexity index is 1280. The largest absolute Gasteiger partial charge is 0.495 e. The molecule has 0 aliphatic heterocycles. The van der Waals surface area contributed by atoms with Crippen molar-refractivity contribution in [3.05, 3.63) is 95.1 Å². The molecule has 2 N–H and O–H groups in total. The SMILES string of the molecule is COc1ccccc1S(=O)(=O)NCC(c1ccccc1Cl)c1c[nH]c2ccccc12. The van der Waals surface area contributed by atoms with Gasteiger partial charge in [0.05, 0.1) is 7.11 Å². The molecule has 0 amide bonds. The van der Waals surface area contributed by atoms with Crippen LogP contribution in [0.4, 0.5) is 0 Å². The minimum atomic E-state index is -3.79. The average molecular weight is 441 g/mol. The normalized spacial score (nSPS) is 12.7. The lowest BCUT2D eigenvalue weighted by Gasteiger charge is -2.20. The number of aromatic nitrogens is 1. The summed E-state index contributed by atoms with van der Waals surface area (Å²) in [4.78, 5) is 3.37. The van der Waals surface area contributed by atoms with Crippen molar-refractivity contribution in [2.45, 2.75) is 10.8 Å². The first-order valence-corrected chi connectivity index (χ1v) is 11.3. The number of para-hydroxylation sites is 2. The molecule has 0 fully saturated rings. The van der Waals surface area contributed by atoms with E-state index >= 15 is 0 Å². The summed E-state index contributed by atoms with van der Waals surface area (Å²) in [5.41, 5.74) is 2.81. The lowest BCUT2D eigenvalue weighted by Crippen LogP contribution is -2.29. The third kappa shape index (κ3) is 3.94. The van der Waals surface area contributed by atoms with Crippen LogP contribution in [-0.2, 0) is 10.0 Å². The highest BCUT2D eigenvalue weighted by atomic mass is 35.5. The maximum atomic E-state index is 13.0. The smallest absolute Gasteiger partial charge is 0.244 e. The number of aromatic amines is 1. The zero-order chi connectivity index (χ0) is 21.1. The van der Waals surface area contributed by atoms with Gasteiger partial charge in [0.2, 0.25) is 10.0 Å². The number of fused-ring (bicyclic) bond motifs is 1. The number of hydrogen-bond donors (Lipinski definition) is 2. The van der Waals surface area contributed by atoms with Crippen LogP contribution >= 0.6 is 11.6 Å². The Morgan fingerprint density at radius 1 is 0.967 bits per heavy atom. The molecular formula is C23H21ClN2O3S. The molecule has 0 radical (unpaired) electrons. The van der Waals surface area contributed by atoms with Crippen LogP contribution in [0.25, 0.3) is 10.9 Å². The second-order valence-corrected chi connectivity index (χ2v) is 9.01. The molecule has 0 bridgehead atoms. The predicted molar refractivity (Wildman–Crippen MR) is 120 cm³/mol. The Morgan fingerprint density at radius 3 is 2.47 bits per heavy atom. The van der Waals surface area contributed by atoms with Crippen LogP contribution < -0.4 is 9.46 Å². The van der Waals surface area contributed by atoms with Crippen molar-refractivity contribution in [3.63, 3.8) is 0 Å². The van der Waals surface area contributed by atoms with Crippen LogP contribution in [0.1, 0.15) is 17.0 Å². The van der Waals surface area contributed by atoms with E-state index in [0.29, 0.717) is 10.8 Å². The van der Waals surface area contributed by atoms with Crippen LogP contribution in [0.2, 0.25) is 5.02 Å². The maximum absolute atomic E-state index is 13.0. The quantitative estimate of drug-likeness (QED) is 0.427. The Balaban J connectivity index is 1.74. The van der Waals surface area contributed by atoms with Gasteiger partial charge in [-0.1, -0.05) is 60.1 Å². The van der Waals surface area contributed by atoms with Gasteiger partial charge in [0.15, 0.2) is 0 Å². The minimum Gasteiger partial charge on any atom is -0.495 e. The van der Waals surface area contributed by atoms with Gasteiger partial charge >= 0.3 is 0 Å². The van der Waals surface area contributed by atoms with E-state index in [-0.39, 0.29) is 17.4 Å². The van der Waals surface area contributed by atoms with Gasteiger partial charge in [0.1, 0.15) is 10.6 Å². The van der Waals surface area contributed by atoms with Crippen LogP contribution in [0.3, 0.4) is 0 Å². The fourth-order valence-corrected chi connectivity index (χ4v) is 5.12. The van der Waals surface area contributed by atoms with Gasteiger partial charge in [-0.3, -0.25) is 0 Å².